The predicted molar refractivity (Wildman–Crippen MR) is 161 cm³/mol. The fourth-order valence-electron chi connectivity index (χ4n) is 5.40. The minimum atomic E-state index is -2.67. The number of benzene rings is 3. The van der Waals surface area contributed by atoms with E-state index in [1.54, 1.807) is 0 Å². The number of hydrogen-bond donors (Lipinski definition) is 0. The number of rotatable bonds is 9. The number of carbonyl (C=O) groups excluding carboxylic acids is 1. The van der Waals surface area contributed by atoms with Gasteiger partial charge in [-0.15, -0.1) is 0 Å². The van der Waals surface area contributed by atoms with E-state index in [-0.39, 0.29) is 41.5 Å². The van der Waals surface area contributed by atoms with E-state index >= 15 is 0 Å². The van der Waals surface area contributed by atoms with Gasteiger partial charge in [-0.2, -0.15) is 0 Å². The predicted octanol–water partition coefficient (Wildman–Crippen LogP) is 6.29. The van der Waals surface area contributed by atoms with Crippen molar-refractivity contribution in [3.8, 4) is 0 Å². The topological polar surface area (TPSA) is 44.8 Å². The summed E-state index contributed by atoms with van der Waals surface area (Å²) in [4.78, 5) is 13.0. The van der Waals surface area contributed by atoms with Crippen molar-refractivity contribution in [1.82, 2.24) is 0 Å². The smallest absolute Gasteiger partial charge is 0.309 e. The van der Waals surface area contributed by atoms with Crippen LogP contribution in [0.4, 0.5) is 0 Å². The number of esters is 1. The summed E-state index contributed by atoms with van der Waals surface area (Å²) in [6, 6.07) is 31.3. The molecular formula is C34H42O4Si. The summed E-state index contributed by atoms with van der Waals surface area (Å²) in [7, 11) is -2.67. The van der Waals surface area contributed by atoms with Gasteiger partial charge in [-0.05, 0) is 27.1 Å². The SMILES string of the molecule is C[C@H](CO[Si](c1ccccc1)(c1ccccc1)C(C)(C)C)[C@@H]1/C=C\[C@H](C)[C@H](OCc2ccccc2)CC(=O)O1. The molecule has 206 valence electrons. The van der Waals surface area contributed by atoms with E-state index in [1.165, 1.54) is 10.4 Å². The molecule has 0 saturated heterocycles. The highest BCUT2D eigenvalue weighted by Gasteiger charge is 2.50. The average Bonchev–Trinajstić information content (AvgIpc) is 2.93. The van der Waals surface area contributed by atoms with Crippen molar-refractivity contribution in [1.29, 1.82) is 0 Å². The molecule has 39 heavy (non-hydrogen) atoms. The van der Waals surface area contributed by atoms with Crippen LogP contribution in [0.25, 0.3) is 0 Å². The van der Waals surface area contributed by atoms with E-state index in [1.807, 2.05) is 36.4 Å². The highest BCUT2D eigenvalue weighted by molar-refractivity contribution is 6.99. The monoisotopic (exact) mass is 542 g/mol. The van der Waals surface area contributed by atoms with E-state index in [0.29, 0.717) is 13.2 Å². The first-order valence-electron chi connectivity index (χ1n) is 14.0. The Morgan fingerprint density at radius 3 is 1.95 bits per heavy atom. The van der Waals surface area contributed by atoms with E-state index in [9.17, 15) is 4.79 Å². The number of hydrogen-bond acceptors (Lipinski definition) is 4. The van der Waals surface area contributed by atoms with Crippen LogP contribution >= 0.6 is 0 Å². The molecule has 1 aliphatic rings. The summed E-state index contributed by atoms with van der Waals surface area (Å²) in [5, 5.41) is 2.38. The van der Waals surface area contributed by atoms with Crippen LogP contribution in [-0.2, 0) is 25.3 Å². The Kier molecular flexibility index (Phi) is 9.60. The fourth-order valence-corrected chi connectivity index (χ4v) is 10.1. The standard InChI is InChI=1S/C34H42O4Si/c1-26-21-22-31(38-33(35)23-32(26)36-25-28-15-9-6-10-16-28)27(2)24-37-39(34(3,4)5,29-17-11-7-12-18-29)30-19-13-8-14-20-30/h6-22,26-27,31-32H,23-25H2,1-5H3/b22-21-/t26-,27+,31-,32+/m0/s1. The zero-order valence-electron chi connectivity index (χ0n) is 23.9. The highest BCUT2D eigenvalue weighted by Crippen LogP contribution is 2.37. The molecule has 4 rings (SSSR count). The summed E-state index contributed by atoms with van der Waals surface area (Å²) in [6.45, 7) is 12.0. The van der Waals surface area contributed by atoms with Crippen molar-refractivity contribution < 1.29 is 18.7 Å². The zero-order valence-corrected chi connectivity index (χ0v) is 24.9. The summed E-state index contributed by atoms with van der Waals surface area (Å²) in [5.41, 5.74) is 1.09. The third kappa shape index (κ3) is 6.96. The molecule has 0 aromatic heterocycles. The van der Waals surface area contributed by atoms with Gasteiger partial charge < -0.3 is 13.9 Å². The molecule has 0 radical (unpaired) electrons. The quantitative estimate of drug-likeness (QED) is 0.181. The largest absolute Gasteiger partial charge is 0.458 e. The third-order valence-corrected chi connectivity index (χ3v) is 12.7. The Morgan fingerprint density at radius 2 is 1.41 bits per heavy atom. The first-order valence-corrected chi connectivity index (χ1v) is 15.9. The van der Waals surface area contributed by atoms with Crippen molar-refractivity contribution in [3.05, 3.63) is 109 Å². The van der Waals surface area contributed by atoms with Crippen molar-refractivity contribution in [2.45, 2.75) is 64.9 Å². The van der Waals surface area contributed by atoms with Crippen LogP contribution in [0.2, 0.25) is 5.04 Å². The average molecular weight is 543 g/mol. The second-order valence-corrected chi connectivity index (χ2v) is 16.0. The van der Waals surface area contributed by atoms with Crippen LogP contribution in [0.15, 0.2) is 103 Å². The molecule has 1 aliphatic heterocycles. The molecule has 3 aromatic rings. The molecule has 5 heteroatoms. The fraction of sp³-hybridized carbons (Fsp3) is 0.382. The van der Waals surface area contributed by atoms with E-state index in [0.717, 1.165) is 5.56 Å². The van der Waals surface area contributed by atoms with Gasteiger partial charge in [0.15, 0.2) is 0 Å². The van der Waals surface area contributed by atoms with Crippen molar-refractivity contribution in [3.63, 3.8) is 0 Å². The molecule has 0 N–H and O–H groups in total. The molecule has 0 unspecified atom stereocenters. The van der Waals surface area contributed by atoms with Gasteiger partial charge in [0.2, 0.25) is 0 Å². The lowest BCUT2D eigenvalue weighted by Gasteiger charge is -2.44. The lowest BCUT2D eigenvalue weighted by Crippen LogP contribution is -2.67. The summed E-state index contributed by atoms with van der Waals surface area (Å²) in [6.07, 6.45) is 3.82. The highest BCUT2D eigenvalue weighted by atomic mass is 28.4. The van der Waals surface area contributed by atoms with E-state index < -0.39 is 8.32 Å². The Balaban J connectivity index is 1.51. The molecule has 0 spiro atoms. The molecule has 1 heterocycles. The zero-order chi connectivity index (χ0) is 27.9. The van der Waals surface area contributed by atoms with Gasteiger partial charge in [-0.25, -0.2) is 0 Å². The maximum absolute atomic E-state index is 13.0. The van der Waals surface area contributed by atoms with Crippen LogP contribution in [-0.4, -0.2) is 33.1 Å². The van der Waals surface area contributed by atoms with Gasteiger partial charge in [0.1, 0.15) is 6.10 Å². The summed E-state index contributed by atoms with van der Waals surface area (Å²) >= 11 is 0. The Labute approximate surface area is 235 Å². The summed E-state index contributed by atoms with van der Waals surface area (Å²) < 4.78 is 19.2. The Morgan fingerprint density at radius 1 is 0.872 bits per heavy atom. The van der Waals surface area contributed by atoms with Crippen molar-refractivity contribution in [2.75, 3.05) is 6.61 Å². The number of ether oxygens (including phenoxy) is 2. The third-order valence-electron chi connectivity index (χ3n) is 7.67. The van der Waals surface area contributed by atoms with Gasteiger partial charge in [0.05, 0.1) is 19.1 Å². The molecule has 0 aliphatic carbocycles. The lowest BCUT2D eigenvalue weighted by molar-refractivity contribution is -0.154. The molecule has 0 saturated carbocycles. The van der Waals surface area contributed by atoms with E-state index in [2.05, 4.69) is 101 Å². The van der Waals surface area contributed by atoms with Crippen LogP contribution in [0.1, 0.15) is 46.6 Å². The first kappa shape index (κ1) is 29.0. The second kappa shape index (κ2) is 12.9. The van der Waals surface area contributed by atoms with Crippen molar-refractivity contribution in [2.24, 2.45) is 11.8 Å². The van der Waals surface area contributed by atoms with Crippen molar-refractivity contribution >= 4 is 24.7 Å². The summed E-state index contributed by atoms with van der Waals surface area (Å²) in [5.74, 6) is -0.152. The van der Waals surface area contributed by atoms with Gasteiger partial charge in [-0.1, -0.05) is 132 Å². The number of cyclic esters (lactones) is 1. The Bertz CT molecular complexity index is 1160. The second-order valence-electron chi connectivity index (χ2n) is 11.7. The maximum Gasteiger partial charge on any atom is 0.309 e. The number of carbonyl (C=O) groups is 1. The van der Waals surface area contributed by atoms with Crippen LogP contribution < -0.4 is 10.4 Å². The molecule has 4 nitrogen and oxygen atoms in total. The molecule has 0 fully saturated rings. The minimum Gasteiger partial charge on any atom is -0.458 e. The lowest BCUT2D eigenvalue weighted by atomic mass is 9.96. The molecule has 0 amide bonds. The Hall–Kier alpha value is -2.99. The van der Waals surface area contributed by atoms with Gasteiger partial charge in [0, 0.05) is 18.4 Å². The van der Waals surface area contributed by atoms with Gasteiger partial charge in [-0.3, -0.25) is 4.79 Å². The first-order chi connectivity index (χ1) is 18.7. The molecule has 4 atom stereocenters. The molecule has 3 aromatic carbocycles. The molecular weight excluding hydrogens is 500 g/mol. The van der Waals surface area contributed by atoms with Crippen LogP contribution in [0.5, 0.6) is 0 Å². The van der Waals surface area contributed by atoms with Crippen LogP contribution in [0, 0.1) is 11.8 Å². The van der Waals surface area contributed by atoms with E-state index in [4.69, 9.17) is 13.9 Å². The van der Waals surface area contributed by atoms with Gasteiger partial charge >= 0.3 is 5.97 Å². The van der Waals surface area contributed by atoms with Crippen LogP contribution in [0.3, 0.4) is 0 Å². The molecule has 0 bridgehead atoms. The normalized spacial score (nSPS) is 21.9. The maximum atomic E-state index is 13.0. The van der Waals surface area contributed by atoms with Gasteiger partial charge in [0.25, 0.3) is 8.32 Å². The minimum absolute atomic E-state index is 0.0131.